The molecule has 0 aromatic heterocycles. The van der Waals surface area contributed by atoms with Crippen molar-refractivity contribution in [2.24, 2.45) is 0 Å². The Kier molecular flexibility index (Phi) is 6.85. The van der Waals surface area contributed by atoms with Crippen LogP contribution < -0.4 is 10.6 Å². The lowest BCUT2D eigenvalue weighted by molar-refractivity contribution is -0.122. The van der Waals surface area contributed by atoms with Crippen molar-refractivity contribution in [1.82, 2.24) is 10.6 Å². The average molecular weight is 263 g/mol. The van der Waals surface area contributed by atoms with E-state index in [2.05, 4.69) is 10.6 Å². The molecule has 0 aromatic carbocycles. The Balaban J connectivity index is 0.00000144. The van der Waals surface area contributed by atoms with E-state index in [4.69, 9.17) is 4.74 Å². The summed E-state index contributed by atoms with van der Waals surface area (Å²) in [6, 6.07) is 0.347. The largest absolute Gasteiger partial charge is 0.378 e. The molecule has 4 nitrogen and oxygen atoms in total. The highest BCUT2D eigenvalue weighted by Gasteiger charge is 2.18. The third kappa shape index (κ3) is 5.23. The molecule has 1 amide bonds. The standard InChI is InChI=1S/C12H22N2O2.ClH/c15-12(14-10-6-7-13-9-10)5-4-11-3-1-2-8-16-11;/h10-11,13H,1-9H2,(H,14,15);1H. The summed E-state index contributed by atoms with van der Waals surface area (Å²) >= 11 is 0. The van der Waals surface area contributed by atoms with Gasteiger partial charge in [-0.1, -0.05) is 0 Å². The van der Waals surface area contributed by atoms with Crippen molar-refractivity contribution in [2.45, 2.75) is 50.7 Å². The summed E-state index contributed by atoms with van der Waals surface area (Å²) in [5.41, 5.74) is 0. The molecular formula is C12H23ClN2O2. The van der Waals surface area contributed by atoms with Gasteiger partial charge in [0.05, 0.1) is 6.10 Å². The monoisotopic (exact) mass is 262 g/mol. The van der Waals surface area contributed by atoms with E-state index in [1.54, 1.807) is 0 Å². The van der Waals surface area contributed by atoms with Crippen molar-refractivity contribution in [2.75, 3.05) is 19.7 Å². The maximum atomic E-state index is 11.6. The van der Waals surface area contributed by atoms with Crippen LogP contribution in [0.3, 0.4) is 0 Å². The van der Waals surface area contributed by atoms with Gasteiger partial charge < -0.3 is 15.4 Å². The number of hydrogen-bond donors (Lipinski definition) is 2. The van der Waals surface area contributed by atoms with Crippen LogP contribution >= 0.6 is 12.4 Å². The zero-order chi connectivity index (χ0) is 11.2. The van der Waals surface area contributed by atoms with E-state index in [-0.39, 0.29) is 18.3 Å². The first-order valence-electron chi connectivity index (χ1n) is 6.46. The summed E-state index contributed by atoms with van der Waals surface area (Å²) in [5.74, 6) is 0.183. The number of nitrogens with one attached hydrogen (secondary N) is 2. The number of rotatable bonds is 4. The zero-order valence-corrected chi connectivity index (χ0v) is 11.1. The second-order valence-electron chi connectivity index (χ2n) is 4.78. The van der Waals surface area contributed by atoms with Crippen LogP contribution in [-0.2, 0) is 9.53 Å². The molecule has 2 aliphatic heterocycles. The Morgan fingerprint density at radius 1 is 1.35 bits per heavy atom. The van der Waals surface area contributed by atoms with Crippen molar-refractivity contribution in [3.63, 3.8) is 0 Å². The molecule has 2 atom stereocenters. The van der Waals surface area contributed by atoms with Crippen LogP contribution in [0.2, 0.25) is 0 Å². The molecule has 2 unspecified atom stereocenters. The van der Waals surface area contributed by atoms with Gasteiger partial charge in [0.15, 0.2) is 0 Å². The highest BCUT2D eigenvalue weighted by molar-refractivity contribution is 5.85. The van der Waals surface area contributed by atoms with Crippen molar-refractivity contribution < 1.29 is 9.53 Å². The molecule has 0 aromatic rings. The summed E-state index contributed by atoms with van der Waals surface area (Å²) in [6.45, 7) is 2.82. The van der Waals surface area contributed by atoms with Gasteiger partial charge in [0.25, 0.3) is 0 Å². The Hall–Kier alpha value is -0.320. The van der Waals surface area contributed by atoms with E-state index >= 15 is 0 Å². The molecule has 2 aliphatic rings. The Labute approximate surface area is 109 Å². The first-order chi connectivity index (χ1) is 7.84. The maximum Gasteiger partial charge on any atom is 0.220 e. The fourth-order valence-electron chi connectivity index (χ4n) is 2.40. The summed E-state index contributed by atoms with van der Waals surface area (Å²) in [6.07, 6.45) is 6.42. The van der Waals surface area contributed by atoms with Crippen LogP contribution in [-0.4, -0.2) is 37.7 Å². The number of ether oxygens (including phenoxy) is 1. The fraction of sp³-hybridized carbons (Fsp3) is 0.917. The molecule has 2 saturated heterocycles. The Bertz CT molecular complexity index is 227. The van der Waals surface area contributed by atoms with Gasteiger partial charge in [0.1, 0.15) is 0 Å². The quantitative estimate of drug-likeness (QED) is 0.802. The highest BCUT2D eigenvalue weighted by atomic mass is 35.5. The van der Waals surface area contributed by atoms with Crippen molar-refractivity contribution in [3.8, 4) is 0 Å². The second-order valence-corrected chi connectivity index (χ2v) is 4.78. The molecule has 17 heavy (non-hydrogen) atoms. The predicted octanol–water partition coefficient (Wildman–Crippen LogP) is 1.24. The zero-order valence-electron chi connectivity index (χ0n) is 10.2. The van der Waals surface area contributed by atoms with Crippen LogP contribution in [0.5, 0.6) is 0 Å². The van der Waals surface area contributed by atoms with Gasteiger partial charge >= 0.3 is 0 Å². The van der Waals surface area contributed by atoms with Crippen molar-refractivity contribution in [3.05, 3.63) is 0 Å². The maximum absolute atomic E-state index is 11.6. The van der Waals surface area contributed by atoms with Crippen molar-refractivity contribution in [1.29, 1.82) is 0 Å². The Morgan fingerprint density at radius 3 is 2.88 bits per heavy atom. The highest BCUT2D eigenvalue weighted by Crippen LogP contribution is 2.16. The van der Waals surface area contributed by atoms with Gasteiger partial charge in [-0.05, 0) is 38.6 Å². The topological polar surface area (TPSA) is 50.4 Å². The van der Waals surface area contributed by atoms with Crippen LogP contribution in [0, 0.1) is 0 Å². The van der Waals surface area contributed by atoms with Gasteiger partial charge in [-0.15, -0.1) is 12.4 Å². The van der Waals surface area contributed by atoms with Crippen LogP contribution in [0.25, 0.3) is 0 Å². The minimum Gasteiger partial charge on any atom is -0.378 e. The van der Waals surface area contributed by atoms with Gasteiger partial charge in [0.2, 0.25) is 5.91 Å². The molecule has 100 valence electrons. The summed E-state index contributed by atoms with van der Waals surface area (Å²) in [4.78, 5) is 11.6. The molecule has 2 rings (SSSR count). The van der Waals surface area contributed by atoms with E-state index < -0.39 is 0 Å². The molecule has 2 heterocycles. The van der Waals surface area contributed by atoms with Crippen molar-refractivity contribution >= 4 is 18.3 Å². The molecular weight excluding hydrogens is 240 g/mol. The smallest absolute Gasteiger partial charge is 0.220 e. The number of hydrogen-bond acceptors (Lipinski definition) is 3. The molecule has 2 N–H and O–H groups in total. The summed E-state index contributed by atoms with van der Waals surface area (Å²) < 4.78 is 5.61. The van der Waals surface area contributed by atoms with Gasteiger partial charge in [-0.25, -0.2) is 0 Å². The fourth-order valence-corrected chi connectivity index (χ4v) is 2.40. The predicted molar refractivity (Wildman–Crippen MR) is 69.5 cm³/mol. The lowest BCUT2D eigenvalue weighted by Crippen LogP contribution is -2.36. The number of amides is 1. The third-order valence-electron chi connectivity index (χ3n) is 3.39. The first kappa shape index (κ1) is 14.7. The molecule has 0 aliphatic carbocycles. The van der Waals surface area contributed by atoms with Crippen LogP contribution in [0.15, 0.2) is 0 Å². The minimum absolute atomic E-state index is 0. The average Bonchev–Trinajstić information content (AvgIpc) is 2.81. The van der Waals surface area contributed by atoms with E-state index in [0.29, 0.717) is 18.6 Å². The van der Waals surface area contributed by atoms with Gasteiger partial charge in [-0.3, -0.25) is 4.79 Å². The van der Waals surface area contributed by atoms with Gasteiger partial charge in [-0.2, -0.15) is 0 Å². The summed E-state index contributed by atoms with van der Waals surface area (Å²) in [5, 5.41) is 6.31. The lowest BCUT2D eigenvalue weighted by Gasteiger charge is -2.22. The second kappa shape index (κ2) is 7.90. The first-order valence-corrected chi connectivity index (χ1v) is 6.46. The van der Waals surface area contributed by atoms with Crippen LogP contribution in [0.1, 0.15) is 38.5 Å². The summed E-state index contributed by atoms with van der Waals surface area (Å²) in [7, 11) is 0. The van der Waals surface area contributed by atoms with E-state index in [1.807, 2.05) is 0 Å². The van der Waals surface area contributed by atoms with Crippen LogP contribution in [0.4, 0.5) is 0 Å². The normalized spacial score (nSPS) is 28.5. The van der Waals surface area contributed by atoms with E-state index in [9.17, 15) is 4.79 Å². The number of carbonyl (C=O) groups excluding carboxylic acids is 1. The SMILES string of the molecule is Cl.O=C(CCC1CCCCO1)NC1CCNC1. The third-order valence-corrected chi connectivity index (χ3v) is 3.39. The van der Waals surface area contributed by atoms with E-state index in [0.717, 1.165) is 39.0 Å². The molecule has 0 saturated carbocycles. The Morgan fingerprint density at radius 2 is 2.24 bits per heavy atom. The molecule has 5 heteroatoms. The lowest BCUT2D eigenvalue weighted by atomic mass is 10.0. The molecule has 2 fully saturated rings. The van der Waals surface area contributed by atoms with Gasteiger partial charge in [0, 0.05) is 25.6 Å². The molecule has 0 bridgehead atoms. The minimum atomic E-state index is 0. The molecule has 0 radical (unpaired) electrons. The molecule has 0 spiro atoms. The van der Waals surface area contributed by atoms with E-state index in [1.165, 1.54) is 12.8 Å². The number of halogens is 1. The number of carbonyl (C=O) groups is 1.